The van der Waals surface area contributed by atoms with Gasteiger partial charge in [-0.05, 0) is 54.3 Å². The van der Waals surface area contributed by atoms with Gasteiger partial charge in [-0.25, -0.2) is 0 Å². The Bertz CT molecular complexity index is 913. The van der Waals surface area contributed by atoms with Crippen LogP contribution in [0, 0.1) is 6.92 Å². The molecule has 0 aliphatic rings. The number of nitrogens with one attached hydrogen (secondary N) is 2. The quantitative estimate of drug-likeness (QED) is 0.538. The summed E-state index contributed by atoms with van der Waals surface area (Å²) in [6, 6.07) is 13.6. The first-order valence-corrected chi connectivity index (χ1v) is 10.1. The van der Waals surface area contributed by atoms with Crippen LogP contribution >= 0.6 is 0 Å². The molecule has 1 atom stereocenters. The summed E-state index contributed by atoms with van der Waals surface area (Å²) >= 11 is 0. The molecule has 0 aliphatic heterocycles. The highest BCUT2D eigenvalue weighted by molar-refractivity contribution is 5.97. The largest absolute Gasteiger partial charge is 0.381 e. The molecule has 3 aromatic rings. The van der Waals surface area contributed by atoms with E-state index in [0.29, 0.717) is 12.1 Å². The number of hydrogen-bond donors (Lipinski definition) is 2. The maximum absolute atomic E-state index is 13.1. The van der Waals surface area contributed by atoms with Crippen LogP contribution in [-0.4, -0.2) is 15.9 Å². The van der Waals surface area contributed by atoms with E-state index in [1.807, 2.05) is 61.8 Å². The van der Waals surface area contributed by atoms with Crippen LogP contribution in [0.1, 0.15) is 59.3 Å². The molecule has 0 aliphatic carbocycles. The van der Waals surface area contributed by atoms with Crippen molar-refractivity contribution >= 4 is 11.6 Å². The highest BCUT2D eigenvalue weighted by atomic mass is 16.1. The van der Waals surface area contributed by atoms with Gasteiger partial charge in [0.2, 0.25) is 0 Å². The Morgan fingerprint density at radius 3 is 2.52 bits per heavy atom. The zero-order valence-corrected chi connectivity index (χ0v) is 17.1. The van der Waals surface area contributed by atoms with E-state index in [9.17, 15) is 4.79 Å². The molecular weight excluding hydrogens is 360 g/mol. The highest BCUT2D eigenvalue weighted by Gasteiger charge is 2.18. The fraction of sp³-hybridized carbons (Fsp3) is 0.292. The first-order chi connectivity index (χ1) is 14.2. The minimum Gasteiger partial charge on any atom is -0.381 e. The van der Waals surface area contributed by atoms with Crippen molar-refractivity contribution in [1.82, 2.24) is 15.3 Å². The first-order valence-electron chi connectivity index (χ1n) is 10.1. The lowest BCUT2D eigenvalue weighted by Gasteiger charge is -2.20. The average molecular weight is 389 g/mol. The number of aromatic nitrogens is 2. The molecule has 2 aromatic heterocycles. The molecule has 0 spiro atoms. The van der Waals surface area contributed by atoms with Crippen LogP contribution < -0.4 is 10.6 Å². The van der Waals surface area contributed by atoms with Crippen molar-refractivity contribution in [3.05, 3.63) is 89.5 Å². The van der Waals surface area contributed by atoms with Crippen LogP contribution in [0.25, 0.3) is 0 Å². The Labute approximate surface area is 172 Å². The van der Waals surface area contributed by atoms with Crippen LogP contribution in [0.3, 0.4) is 0 Å². The summed E-state index contributed by atoms with van der Waals surface area (Å²) < 4.78 is 0. The molecule has 150 valence electrons. The van der Waals surface area contributed by atoms with Crippen molar-refractivity contribution < 1.29 is 4.79 Å². The molecule has 3 rings (SSSR count). The van der Waals surface area contributed by atoms with Crippen LogP contribution in [0.5, 0.6) is 0 Å². The van der Waals surface area contributed by atoms with Gasteiger partial charge in [-0.15, -0.1) is 0 Å². The average Bonchev–Trinajstić information content (AvgIpc) is 2.77. The number of pyridine rings is 2. The Balaban J connectivity index is 1.73. The maximum atomic E-state index is 13.1. The van der Waals surface area contributed by atoms with E-state index in [0.717, 1.165) is 41.6 Å². The standard InChI is InChI=1S/C24H28N4O/c1-3-4-11-23(20-9-7-14-26-17-20)28-24(29)21-10-5-12-22(18(21)2)27-16-19-8-6-13-25-15-19/h5-10,12-15,17,23,27H,3-4,11,16H2,1-2H3,(H,28,29)/t23-/m0/s1. The van der Waals surface area contributed by atoms with Crippen molar-refractivity contribution in [3.63, 3.8) is 0 Å². The predicted molar refractivity (Wildman–Crippen MR) is 117 cm³/mol. The Hall–Kier alpha value is -3.21. The third-order valence-electron chi connectivity index (χ3n) is 5.02. The van der Waals surface area contributed by atoms with E-state index in [2.05, 4.69) is 27.5 Å². The number of hydrogen-bond acceptors (Lipinski definition) is 4. The lowest BCUT2D eigenvalue weighted by Crippen LogP contribution is -2.29. The second-order valence-corrected chi connectivity index (χ2v) is 7.15. The van der Waals surface area contributed by atoms with Gasteiger partial charge in [-0.3, -0.25) is 14.8 Å². The second kappa shape index (κ2) is 10.4. The molecule has 29 heavy (non-hydrogen) atoms. The van der Waals surface area contributed by atoms with E-state index in [4.69, 9.17) is 0 Å². The Morgan fingerprint density at radius 2 is 1.83 bits per heavy atom. The van der Waals surface area contributed by atoms with Crippen molar-refractivity contribution in [1.29, 1.82) is 0 Å². The molecule has 1 amide bonds. The Kier molecular flexibility index (Phi) is 7.34. The smallest absolute Gasteiger partial charge is 0.252 e. The fourth-order valence-corrected chi connectivity index (χ4v) is 3.32. The topological polar surface area (TPSA) is 66.9 Å². The maximum Gasteiger partial charge on any atom is 0.252 e. The van der Waals surface area contributed by atoms with E-state index >= 15 is 0 Å². The van der Waals surface area contributed by atoms with Crippen LogP contribution in [0.2, 0.25) is 0 Å². The number of nitrogens with zero attached hydrogens (tertiary/aromatic N) is 2. The molecule has 0 fully saturated rings. The van der Waals surface area contributed by atoms with Crippen molar-refractivity contribution in [2.45, 2.75) is 45.7 Å². The van der Waals surface area contributed by atoms with E-state index in [-0.39, 0.29) is 11.9 Å². The fourth-order valence-electron chi connectivity index (χ4n) is 3.32. The van der Waals surface area contributed by atoms with Gasteiger partial charge in [0.05, 0.1) is 6.04 Å². The summed E-state index contributed by atoms with van der Waals surface area (Å²) in [5, 5.41) is 6.62. The Morgan fingerprint density at radius 1 is 1.03 bits per heavy atom. The van der Waals surface area contributed by atoms with Crippen molar-refractivity contribution in [2.24, 2.45) is 0 Å². The molecule has 1 aromatic carbocycles. The summed E-state index contributed by atoms with van der Waals surface area (Å²) in [6.07, 6.45) is 10.2. The van der Waals surface area contributed by atoms with Gasteiger partial charge in [0.15, 0.2) is 0 Å². The molecule has 5 heteroatoms. The van der Waals surface area contributed by atoms with Crippen LogP contribution in [0.15, 0.2) is 67.3 Å². The lowest BCUT2D eigenvalue weighted by molar-refractivity contribution is 0.0933. The van der Waals surface area contributed by atoms with Crippen molar-refractivity contribution in [2.75, 3.05) is 5.32 Å². The van der Waals surface area contributed by atoms with E-state index in [1.165, 1.54) is 0 Å². The van der Waals surface area contributed by atoms with E-state index in [1.54, 1.807) is 12.4 Å². The van der Waals surface area contributed by atoms with Gasteiger partial charge in [0, 0.05) is 42.6 Å². The number of anilines is 1. The first kappa shape index (κ1) is 20.5. The minimum atomic E-state index is -0.0579. The van der Waals surface area contributed by atoms with Crippen molar-refractivity contribution in [3.8, 4) is 0 Å². The second-order valence-electron chi connectivity index (χ2n) is 7.15. The van der Waals surface area contributed by atoms with Gasteiger partial charge >= 0.3 is 0 Å². The summed E-state index contributed by atoms with van der Waals surface area (Å²) in [5.41, 5.74) is 4.71. The predicted octanol–water partition coefficient (Wildman–Crippen LogP) is 5.06. The molecule has 0 saturated heterocycles. The summed E-state index contributed by atoms with van der Waals surface area (Å²) in [7, 11) is 0. The van der Waals surface area contributed by atoms with Gasteiger partial charge in [-0.1, -0.05) is 38.0 Å². The number of amides is 1. The molecule has 2 heterocycles. The SMILES string of the molecule is CCCC[C@H](NC(=O)c1cccc(NCc2cccnc2)c1C)c1cccnc1. The zero-order chi connectivity index (χ0) is 20.5. The molecule has 0 saturated carbocycles. The number of benzene rings is 1. The van der Waals surface area contributed by atoms with E-state index < -0.39 is 0 Å². The minimum absolute atomic E-state index is 0.0393. The highest BCUT2D eigenvalue weighted by Crippen LogP contribution is 2.23. The summed E-state index contributed by atoms with van der Waals surface area (Å²) in [5.74, 6) is -0.0579. The molecule has 0 bridgehead atoms. The number of carbonyl (C=O) groups is 1. The monoisotopic (exact) mass is 388 g/mol. The third-order valence-corrected chi connectivity index (χ3v) is 5.02. The normalized spacial score (nSPS) is 11.7. The summed E-state index contributed by atoms with van der Waals surface area (Å²) in [4.78, 5) is 21.4. The third kappa shape index (κ3) is 5.64. The molecule has 0 unspecified atom stereocenters. The lowest BCUT2D eigenvalue weighted by atomic mass is 10.0. The molecule has 5 nitrogen and oxygen atoms in total. The zero-order valence-electron chi connectivity index (χ0n) is 17.1. The molecule has 0 radical (unpaired) electrons. The van der Waals surface area contributed by atoms with Crippen LogP contribution in [0.4, 0.5) is 5.69 Å². The number of rotatable bonds is 9. The summed E-state index contributed by atoms with van der Waals surface area (Å²) in [6.45, 7) is 4.80. The number of carbonyl (C=O) groups excluding carboxylic acids is 1. The number of unbranched alkanes of at least 4 members (excludes halogenated alkanes) is 1. The van der Waals surface area contributed by atoms with Gasteiger partial charge in [0.25, 0.3) is 5.91 Å². The van der Waals surface area contributed by atoms with Crippen LogP contribution in [-0.2, 0) is 6.54 Å². The van der Waals surface area contributed by atoms with Gasteiger partial charge in [0.1, 0.15) is 0 Å². The van der Waals surface area contributed by atoms with Gasteiger partial charge in [-0.2, -0.15) is 0 Å². The molecule has 2 N–H and O–H groups in total. The molecular formula is C24H28N4O. The van der Waals surface area contributed by atoms with Gasteiger partial charge < -0.3 is 10.6 Å².